The Kier molecular flexibility index (Phi) is 4.55. The minimum Gasteiger partial charge on any atom is -0.490 e. The van der Waals surface area contributed by atoms with Gasteiger partial charge >= 0.3 is 0 Å². The van der Waals surface area contributed by atoms with Gasteiger partial charge in [0.05, 0.1) is 16.9 Å². The molecule has 0 radical (unpaired) electrons. The van der Waals surface area contributed by atoms with E-state index in [0.717, 1.165) is 66.9 Å². The molecule has 0 amide bonds. The summed E-state index contributed by atoms with van der Waals surface area (Å²) in [7, 11) is 0. The van der Waals surface area contributed by atoms with Gasteiger partial charge in [0, 0.05) is 37.9 Å². The van der Waals surface area contributed by atoms with Gasteiger partial charge in [-0.05, 0) is 32.4 Å². The molecule has 0 bridgehead atoms. The van der Waals surface area contributed by atoms with E-state index in [1.807, 2.05) is 6.92 Å². The first-order valence-electron chi connectivity index (χ1n) is 8.53. The van der Waals surface area contributed by atoms with Crippen molar-refractivity contribution in [3.05, 3.63) is 23.5 Å². The summed E-state index contributed by atoms with van der Waals surface area (Å²) in [6.45, 7) is 7.92. The average Bonchev–Trinajstić information content (AvgIpc) is 2.95. The monoisotopic (exact) mass is 314 g/mol. The topological polar surface area (TPSA) is 65.0 Å². The van der Waals surface area contributed by atoms with Crippen LogP contribution in [0, 0.1) is 12.3 Å². The van der Waals surface area contributed by atoms with Gasteiger partial charge in [-0.1, -0.05) is 6.92 Å². The normalized spacial score (nSPS) is 16.0. The molecular formula is C18H26N4O. The van der Waals surface area contributed by atoms with Gasteiger partial charge in [0.1, 0.15) is 17.7 Å². The maximum absolute atomic E-state index is 7.71. The maximum Gasteiger partial charge on any atom is 0.124 e. The van der Waals surface area contributed by atoms with E-state index in [1.165, 1.54) is 0 Å². The average molecular weight is 314 g/mol. The summed E-state index contributed by atoms with van der Waals surface area (Å²) in [5, 5.41) is 7.71. The van der Waals surface area contributed by atoms with Gasteiger partial charge in [-0.25, -0.2) is 4.98 Å². The van der Waals surface area contributed by atoms with Crippen LogP contribution in [0.4, 0.5) is 0 Å². The number of nitrogens with zero attached hydrogens (tertiary/aromatic N) is 2. The minimum absolute atomic E-state index is 0.232. The molecule has 2 aromatic rings. The Morgan fingerprint density at radius 2 is 2.13 bits per heavy atom. The molecule has 0 atom stereocenters. The number of imidazole rings is 1. The number of rotatable bonds is 4. The predicted molar refractivity (Wildman–Crippen MR) is 93.4 cm³/mol. The number of hydrogen-bond donors (Lipinski definition) is 2. The zero-order valence-electron chi connectivity index (χ0n) is 14.3. The lowest BCUT2D eigenvalue weighted by Gasteiger charge is -2.33. The van der Waals surface area contributed by atoms with Gasteiger partial charge in [-0.15, -0.1) is 0 Å². The molecular weight excluding hydrogens is 288 g/mol. The third-order valence-corrected chi connectivity index (χ3v) is 4.60. The molecule has 1 saturated heterocycles. The molecule has 1 aliphatic heterocycles. The molecule has 0 unspecified atom stereocenters. The number of benzene rings is 1. The van der Waals surface area contributed by atoms with E-state index >= 15 is 0 Å². The van der Waals surface area contributed by atoms with Gasteiger partial charge in [-0.3, -0.25) is 5.41 Å². The van der Waals surface area contributed by atoms with Crippen LogP contribution in [0.1, 0.15) is 44.5 Å². The smallest absolute Gasteiger partial charge is 0.124 e. The summed E-state index contributed by atoms with van der Waals surface area (Å²) in [5.74, 6) is 2.65. The highest BCUT2D eigenvalue weighted by Crippen LogP contribution is 2.28. The van der Waals surface area contributed by atoms with Crippen molar-refractivity contribution in [1.82, 2.24) is 14.9 Å². The van der Waals surface area contributed by atoms with Gasteiger partial charge in [-0.2, -0.15) is 0 Å². The van der Waals surface area contributed by atoms with Gasteiger partial charge < -0.3 is 14.6 Å². The fraction of sp³-hybridized carbons (Fsp3) is 0.556. The first-order chi connectivity index (χ1) is 11.1. The third-order valence-electron chi connectivity index (χ3n) is 4.60. The number of hydrogen-bond acceptors (Lipinski definition) is 3. The molecule has 1 fully saturated rings. The van der Waals surface area contributed by atoms with Crippen molar-refractivity contribution in [2.75, 3.05) is 13.1 Å². The number of ether oxygens (including phenoxy) is 1. The quantitative estimate of drug-likeness (QED) is 0.668. The minimum atomic E-state index is 0.232. The van der Waals surface area contributed by atoms with Gasteiger partial charge in [0.15, 0.2) is 0 Å². The van der Waals surface area contributed by atoms with Crippen molar-refractivity contribution in [2.24, 2.45) is 0 Å². The zero-order valence-corrected chi connectivity index (χ0v) is 14.3. The number of aryl methyl sites for hydroxylation is 2. The number of aromatic nitrogens is 2. The van der Waals surface area contributed by atoms with E-state index in [1.54, 1.807) is 0 Å². The predicted octanol–water partition coefficient (Wildman–Crippen LogP) is 3.66. The Morgan fingerprint density at radius 3 is 2.78 bits per heavy atom. The van der Waals surface area contributed by atoms with Gasteiger partial charge in [0.25, 0.3) is 0 Å². The van der Waals surface area contributed by atoms with Crippen molar-refractivity contribution in [3.63, 3.8) is 0 Å². The SMILES string of the molecule is CCCc1nc2c(C)c(OC3CCN(C(C)=N)CC3)ccc2[nH]1. The van der Waals surface area contributed by atoms with E-state index in [2.05, 4.69) is 35.9 Å². The number of likely N-dealkylation sites (tertiary alicyclic amines) is 1. The number of nitrogens with one attached hydrogen (secondary N) is 2. The van der Waals surface area contributed by atoms with Crippen molar-refractivity contribution < 1.29 is 4.74 Å². The van der Waals surface area contributed by atoms with E-state index < -0.39 is 0 Å². The lowest BCUT2D eigenvalue weighted by Crippen LogP contribution is -2.40. The van der Waals surface area contributed by atoms with Crippen LogP contribution in [0.2, 0.25) is 0 Å². The van der Waals surface area contributed by atoms with Crippen LogP contribution in [0.25, 0.3) is 11.0 Å². The molecule has 0 spiro atoms. The first-order valence-corrected chi connectivity index (χ1v) is 8.53. The van der Waals surface area contributed by atoms with Crippen molar-refractivity contribution in [3.8, 4) is 5.75 Å². The van der Waals surface area contributed by atoms with Crippen LogP contribution >= 0.6 is 0 Å². The highest BCUT2D eigenvalue weighted by molar-refractivity contribution is 5.81. The Balaban J connectivity index is 1.73. The third kappa shape index (κ3) is 3.33. The van der Waals surface area contributed by atoms with Gasteiger partial charge in [0.2, 0.25) is 0 Å². The largest absolute Gasteiger partial charge is 0.490 e. The molecule has 1 aliphatic rings. The number of amidine groups is 1. The van der Waals surface area contributed by atoms with Crippen LogP contribution in [-0.4, -0.2) is 39.9 Å². The molecule has 5 nitrogen and oxygen atoms in total. The highest BCUT2D eigenvalue weighted by atomic mass is 16.5. The number of fused-ring (bicyclic) bond motifs is 1. The number of piperidine rings is 1. The van der Waals surface area contributed by atoms with Crippen molar-refractivity contribution in [2.45, 2.75) is 52.6 Å². The fourth-order valence-corrected chi connectivity index (χ4v) is 3.22. The van der Waals surface area contributed by atoms with Crippen LogP contribution in [0.15, 0.2) is 12.1 Å². The Labute approximate surface area is 137 Å². The second-order valence-corrected chi connectivity index (χ2v) is 6.41. The standard InChI is InChI=1S/C18H26N4O/c1-4-5-17-20-15-6-7-16(12(2)18(15)21-17)23-14-8-10-22(11-9-14)13(3)19/h6-7,14,19H,4-5,8-11H2,1-3H3,(H,20,21). The maximum atomic E-state index is 7.71. The van der Waals surface area contributed by atoms with E-state index in [0.29, 0.717) is 5.84 Å². The molecule has 23 heavy (non-hydrogen) atoms. The molecule has 124 valence electrons. The molecule has 0 aliphatic carbocycles. The summed E-state index contributed by atoms with van der Waals surface area (Å²) in [6, 6.07) is 4.13. The molecule has 5 heteroatoms. The first kappa shape index (κ1) is 15.8. The second kappa shape index (κ2) is 6.60. The number of H-pyrrole nitrogens is 1. The van der Waals surface area contributed by atoms with Crippen molar-refractivity contribution >= 4 is 16.9 Å². The lowest BCUT2D eigenvalue weighted by atomic mass is 10.1. The van der Waals surface area contributed by atoms with Crippen LogP contribution in [0.5, 0.6) is 5.75 Å². The summed E-state index contributed by atoms with van der Waals surface area (Å²) < 4.78 is 6.24. The van der Waals surface area contributed by atoms with Crippen LogP contribution in [0.3, 0.4) is 0 Å². The molecule has 0 saturated carbocycles. The molecule has 1 aromatic heterocycles. The summed E-state index contributed by atoms with van der Waals surface area (Å²) in [5.41, 5.74) is 3.23. The van der Waals surface area contributed by atoms with E-state index in [-0.39, 0.29) is 6.10 Å². The molecule has 2 N–H and O–H groups in total. The second-order valence-electron chi connectivity index (χ2n) is 6.41. The fourth-order valence-electron chi connectivity index (χ4n) is 3.22. The van der Waals surface area contributed by atoms with E-state index in [4.69, 9.17) is 15.1 Å². The highest BCUT2D eigenvalue weighted by Gasteiger charge is 2.21. The van der Waals surface area contributed by atoms with Crippen LogP contribution in [-0.2, 0) is 6.42 Å². The summed E-state index contributed by atoms with van der Waals surface area (Å²) >= 11 is 0. The Hall–Kier alpha value is -2.04. The van der Waals surface area contributed by atoms with Crippen molar-refractivity contribution in [1.29, 1.82) is 5.41 Å². The molecule has 1 aromatic carbocycles. The zero-order chi connectivity index (χ0) is 16.4. The lowest BCUT2D eigenvalue weighted by molar-refractivity contribution is 0.130. The summed E-state index contributed by atoms with van der Waals surface area (Å²) in [6.07, 6.45) is 4.24. The van der Waals surface area contributed by atoms with E-state index in [9.17, 15) is 0 Å². The Bertz CT molecular complexity index is 698. The Morgan fingerprint density at radius 1 is 1.39 bits per heavy atom. The molecule has 3 rings (SSSR count). The number of aromatic amines is 1. The van der Waals surface area contributed by atoms with Crippen LogP contribution < -0.4 is 4.74 Å². The summed E-state index contributed by atoms with van der Waals surface area (Å²) in [4.78, 5) is 10.2. The molecule has 2 heterocycles.